The molecular formula is C20H21ClN2O5. The van der Waals surface area contributed by atoms with Crippen LogP contribution in [-0.4, -0.2) is 28.9 Å². The van der Waals surface area contributed by atoms with Gasteiger partial charge in [-0.25, -0.2) is 4.79 Å². The zero-order chi connectivity index (χ0) is 21.1. The molecule has 0 fully saturated rings. The summed E-state index contributed by atoms with van der Waals surface area (Å²) in [4.78, 5) is 36.5. The fourth-order valence-corrected chi connectivity index (χ4v) is 2.43. The predicted molar refractivity (Wildman–Crippen MR) is 107 cm³/mol. The van der Waals surface area contributed by atoms with Crippen LogP contribution < -0.4 is 15.8 Å². The second-order valence-corrected chi connectivity index (χ2v) is 7.58. The van der Waals surface area contributed by atoms with Crippen LogP contribution in [0.1, 0.15) is 31.1 Å². The molecule has 0 heterocycles. The molecule has 0 aliphatic heterocycles. The van der Waals surface area contributed by atoms with Crippen LogP contribution in [0.25, 0.3) is 0 Å². The highest BCUT2D eigenvalue weighted by Gasteiger charge is 2.37. The molecular weight excluding hydrogens is 384 g/mol. The number of ketones is 1. The fourth-order valence-electron chi connectivity index (χ4n) is 2.27. The first kappa shape index (κ1) is 21.2. The lowest BCUT2D eigenvalue weighted by Crippen LogP contribution is -2.45. The van der Waals surface area contributed by atoms with Gasteiger partial charge in [-0.05, 0) is 42.5 Å². The average molecular weight is 405 g/mol. The van der Waals surface area contributed by atoms with Crippen molar-refractivity contribution in [3.8, 4) is 5.75 Å². The lowest BCUT2D eigenvalue weighted by molar-refractivity contribution is -0.140. The van der Waals surface area contributed by atoms with E-state index in [2.05, 4.69) is 5.32 Å². The number of Topliss-reactive ketones (excluding diaryl/α,β-unsaturated/α-hetero) is 1. The summed E-state index contributed by atoms with van der Waals surface area (Å²) in [5.41, 5.74) is 5.56. The van der Waals surface area contributed by atoms with Crippen LogP contribution in [-0.2, 0) is 9.59 Å². The molecule has 0 saturated heterocycles. The van der Waals surface area contributed by atoms with Crippen molar-refractivity contribution in [2.45, 2.75) is 26.9 Å². The Kier molecular flexibility index (Phi) is 6.30. The van der Waals surface area contributed by atoms with Gasteiger partial charge in [-0.15, -0.1) is 0 Å². The van der Waals surface area contributed by atoms with Crippen molar-refractivity contribution in [3.63, 3.8) is 0 Å². The van der Waals surface area contributed by atoms with E-state index in [0.717, 1.165) is 0 Å². The molecule has 2 rings (SSSR count). The molecule has 148 valence electrons. The van der Waals surface area contributed by atoms with Crippen LogP contribution >= 0.6 is 11.6 Å². The third-order valence-electron chi connectivity index (χ3n) is 3.82. The van der Waals surface area contributed by atoms with E-state index in [-0.39, 0.29) is 22.0 Å². The summed E-state index contributed by atoms with van der Waals surface area (Å²) in [5, 5.41) is 11.8. The first-order valence-corrected chi connectivity index (χ1v) is 8.77. The highest BCUT2D eigenvalue weighted by Crippen LogP contribution is 2.26. The molecule has 0 aromatic heterocycles. The molecule has 0 bridgehead atoms. The highest BCUT2D eigenvalue weighted by molar-refractivity contribution is 6.34. The Morgan fingerprint density at radius 2 is 1.71 bits per heavy atom. The van der Waals surface area contributed by atoms with Crippen molar-refractivity contribution in [2.75, 3.05) is 11.1 Å². The molecule has 1 atom stereocenters. The van der Waals surface area contributed by atoms with E-state index in [9.17, 15) is 14.4 Å². The highest BCUT2D eigenvalue weighted by atomic mass is 35.5. The minimum atomic E-state index is -1.46. The molecule has 1 amide bonds. The van der Waals surface area contributed by atoms with Gasteiger partial charge >= 0.3 is 5.97 Å². The Bertz CT molecular complexity index is 904. The van der Waals surface area contributed by atoms with Crippen LogP contribution in [0, 0.1) is 5.41 Å². The van der Waals surface area contributed by atoms with Crippen LogP contribution in [0.5, 0.6) is 5.75 Å². The predicted octanol–water partition coefficient (Wildman–Crippen LogP) is 3.62. The Morgan fingerprint density at radius 1 is 1.11 bits per heavy atom. The Morgan fingerprint density at radius 3 is 2.25 bits per heavy atom. The second kappa shape index (κ2) is 8.31. The first-order valence-electron chi connectivity index (χ1n) is 8.39. The minimum absolute atomic E-state index is 0.0574. The number of carbonyl (C=O) groups is 3. The number of nitrogens with two attached hydrogens (primary N) is 1. The van der Waals surface area contributed by atoms with Crippen LogP contribution in [0.4, 0.5) is 11.4 Å². The molecule has 0 aliphatic carbocycles. The van der Waals surface area contributed by atoms with Crippen molar-refractivity contribution in [1.29, 1.82) is 0 Å². The number of hydrogen-bond donors (Lipinski definition) is 3. The van der Waals surface area contributed by atoms with Gasteiger partial charge in [0.1, 0.15) is 5.75 Å². The number of nitrogens with one attached hydrogen (secondary N) is 1. The molecule has 2 aromatic carbocycles. The summed E-state index contributed by atoms with van der Waals surface area (Å²) < 4.78 is 5.61. The normalized spacial score (nSPS) is 12.1. The summed E-state index contributed by atoms with van der Waals surface area (Å²) >= 11 is 6.07. The summed E-state index contributed by atoms with van der Waals surface area (Å²) in [6, 6.07) is 9.99. The standard InChI is InChI=1S/C20H21ClN2O5/c1-20(2,3)17(24)16(28-13-7-4-11(5-8-13)19(26)27)18(25)23-15-10-12(22)6-9-14(15)21/h4-10,16H,22H2,1-3H3,(H,23,25)(H,26,27). The number of hydrogen-bond acceptors (Lipinski definition) is 5. The molecule has 4 N–H and O–H groups in total. The molecule has 0 aliphatic rings. The minimum Gasteiger partial charge on any atom is -0.478 e. The molecule has 1 unspecified atom stereocenters. The molecule has 0 radical (unpaired) electrons. The van der Waals surface area contributed by atoms with Gasteiger partial charge in [-0.2, -0.15) is 0 Å². The summed E-state index contributed by atoms with van der Waals surface area (Å²) in [6.07, 6.45) is -1.46. The number of anilines is 2. The second-order valence-electron chi connectivity index (χ2n) is 7.17. The van der Waals surface area contributed by atoms with Gasteiger partial charge in [0.25, 0.3) is 5.91 Å². The van der Waals surface area contributed by atoms with Crippen LogP contribution in [0.2, 0.25) is 5.02 Å². The zero-order valence-electron chi connectivity index (χ0n) is 15.7. The molecule has 0 spiro atoms. The van der Waals surface area contributed by atoms with E-state index in [1.165, 1.54) is 36.4 Å². The van der Waals surface area contributed by atoms with Gasteiger partial charge in [0.15, 0.2) is 5.78 Å². The number of ether oxygens (including phenoxy) is 1. The Labute approximate surface area is 167 Å². The van der Waals surface area contributed by atoms with Crippen LogP contribution in [0.3, 0.4) is 0 Å². The van der Waals surface area contributed by atoms with Gasteiger partial charge in [0, 0.05) is 11.1 Å². The number of carboxylic acids is 1. The number of carbonyl (C=O) groups excluding carboxylic acids is 2. The molecule has 28 heavy (non-hydrogen) atoms. The molecule has 0 saturated carbocycles. The van der Waals surface area contributed by atoms with Gasteiger partial charge in [-0.3, -0.25) is 9.59 Å². The maximum atomic E-state index is 12.8. The van der Waals surface area contributed by atoms with Gasteiger partial charge in [-0.1, -0.05) is 32.4 Å². The van der Waals surface area contributed by atoms with Crippen LogP contribution in [0.15, 0.2) is 42.5 Å². The molecule has 2 aromatic rings. The monoisotopic (exact) mass is 404 g/mol. The van der Waals surface area contributed by atoms with Gasteiger partial charge < -0.3 is 20.9 Å². The van der Waals surface area contributed by atoms with Crippen molar-refractivity contribution in [3.05, 3.63) is 53.1 Å². The van der Waals surface area contributed by atoms with E-state index in [1.54, 1.807) is 26.8 Å². The van der Waals surface area contributed by atoms with Gasteiger partial charge in [0.2, 0.25) is 6.10 Å². The van der Waals surface area contributed by atoms with Crippen molar-refractivity contribution < 1.29 is 24.2 Å². The number of carboxylic acid groups (broad SMARTS) is 1. The number of rotatable bonds is 6. The zero-order valence-corrected chi connectivity index (χ0v) is 16.4. The smallest absolute Gasteiger partial charge is 0.335 e. The van der Waals surface area contributed by atoms with E-state index < -0.39 is 29.2 Å². The van der Waals surface area contributed by atoms with Gasteiger partial charge in [0.05, 0.1) is 16.3 Å². The quantitative estimate of drug-likeness (QED) is 0.499. The number of aromatic carboxylic acids is 1. The lowest BCUT2D eigenvalue weighted by atomic mass is 9.87. The van der Waals surface area contributed by atoms with Crippen molar-refractivity contribution in [2.24, 2.45) is 5.41 Å². The van der Waals surface area contributed by atoms with E-state index >= 15 is 0 Å². The van der Waals surface area contributed by atoms with E-state index in [1.807, 2.05) is 0 Å². The maximum absolute atomic E-state index is 12.8. The van der Waals surface area contributed by atoms with Crippen molar-refractivity contribution >= 4 is 40.6 Å². The Hall–Kier alpha value is -3.06. The third kappa shape index (κ3) is 5.23. The summed E-state index contributed by atoms with van der Waals surface area (Å²) in [5.74, 6) is -2.08. The summed E-state index contributed by atoms with van der Waals surface area (Å²) in [6.45, 7) is 5.00. The molecule has 7 nitrogen and oxygen atoms in total. The third-order valence-corrected chi connectivity index (χ3v) is 4.15. The topological polar surface area (TPSA) is 119 Å². The molecule has 8 heteroatoms. The largest absolute Gasteiger partial charge is 0.478 e. The number of benzene rings is 2. The average Bonchev–Trinajstić information content (AvgIpc) is 2.61. The lowest BCUT2D eigenvalue weighted by Gasteiger charge is -2.25. The van der Waals surface area contributed by atoms with E-state index in [0.29, 0.717) is 5.69 Å². The summed E-state index contributed by atoms with van der Waals surface area (Å²) in [7, 11) is 0. The Balaban J connectivity index is 2.30. The number of amides is 1. The fraction of sp³-hybridized carbons (Fsp3) is 0.250. The number of nitrogen functional groups attached to an aromatic ring is 1. The first-order chi connectivity index (χ1) is 13.0. The number of halogens is 1. The van der Waals surface area contributed by atoms with E-state index in [4.69, 9.17) is 27.2 Å². The maximum Gasteiger partial charge on any atom is 0.335 e. The van der Waals surface area contributed by atoms with Crippen molar-refractivity contribution in [1.82, 2.24) is 0 Å². The SMILES string of the molecule is CC(C)(C)C(=O)C(Oc1ccc(C(=O)O)cc1)C(=O)Nc1cc(N)ccc1Cl.